The highest BCUT2D eigenvalue weighted by atomic mass is 16.5. The normalized spacial score (nSPS) is 10.2. The average Bonchev–Trinajstić information content (AvgIpc) is 2.49. The highest BCUT2D eigenvalue weighted by molar-refractivity contribution is 5.75. The van der Waals surface area contributed by atoms with Gasteiger partial charge in [-0.05, 0) is 0 Å². The highest BCUT2D eigenvalue weighted by Gasteiger charge is 2.02. The van der Waals surface area contributed by atoms with Crippen LogP contribution in [0.3, 0.4) is 0 Å². The van der Waals surface area contributed by atoms with Gasteiger partial charge in [0.1, 0.15) is 5.52 Å². The molecule has 0 spiro atoms. The van der Waals surface area contributed by atoms with Gasteiger partial charge >= 0.3 is 5.97 Å². The highest BCUT2D eigenvalue weighted by Crippen LogP contribution is 2.18. The van der Waals surface area contributed by atoms with Gasteiger partial charge in [0, 0.05) is 19.1 Å². The molecule has 0 radical (unpaired) electrons. The number of carbonyl (C=O) groups excluding carboxylic acids is 1. The molecule has 66 valence electrons. The largest absolute Gasteiger partial charge is 0.463 e. The summed E-state index contributed by atoms with van der Waals surface area (Å²) in [6.45, 7) is 1.34. The molecule has 2 aromatic rings. The van der Waals surface area contributed by atoms with Gasteiger partial charge in [-0.15, -0.1) is 0 Å². The lowest BCUT2D eigenvalue weighted by Gasteiger charge is -1.98. The second kappa shape index (κ2) is 2.90. The Morgan fingerprint density at radius 1 is 1.62 bits per heavy atom. The molecule has 0 saturated heterocycles. The van der Waals surface area contributed by atoms with E-state index in [4.69, 9.17) is 9.15 Å². The van der Waals surface area contributed by atoms with E-state index in [1.165, 1.54) is 19.4 Å². The van der Waals surface area contributed by atoms with Crippen molar-refractivity contribution >= 4 is 17.1 Å². The van der Waals surface area contributed by atoms with E-state index >= 15 is 0 Å². The van der Waals surface area contributed by atoms with Crippen molar-refractivity contribution in [1.82, 2.24) is 4.98 Å². The number of nitrogens with zero attached hydrogens (tertiary/aromatic N) is 1. The maximum absolute atomic E-state index is 10.6. The van der Waals surface area contributed by atoms with Crippen LogP contribution in [0.25, 0.3) is 11.1 Å². The molecule has 0 aliphatic carbocycles. The first-order valence-corrected chi connectivity index (χ1v) is 3.77. The smallest absolute Gasteiger partial charge is 0.308 e. The second-order valence-corrected chi connectivity index (χ2v) is 2.57. The molecule has 2 heterocycles. The lowest BCUT2D eigenvalue weighted by molar-refractivity contribution is -0.131. The minimum Gasteiger partial charge on any atom is -0.463 e. The van der Waals surface area contributed by atoms with Gasteiger partial charge in [0.15, 0.2) is 11.3 Å². The maximum Gasteiger partial charge on any atom is 0.308 e. The number of aromatic nitrogens is 1. The Morgan fingerprint density at radius 3 is 3.23 bits per heavy atom. The summed E-state index contributed by atoms with van der Waals surface area (Å²) in [7, 11) is 0. The third-order valence-corrected chi connectivity index (χ3v) is 1.54. The molecule has 4 heteroatoms. The minimum atomic E-state index is -0.368. The van der Waals surface area contributed by atoms with Crippen LogP contribution in [0.1, 0.15) is 6.92 Å². The molecule has 0 N–H and O–H groups in total. The quantitative estimate of drug-likeness (QED) is 0.622. The molecule has 0 aliphatic heterocycles. The molecular formula is C9H7NO3. The van der Waals surface area contributed by atoms with Gasteiger partial charge in [0.05, 0.1) is 12.5 Å². The van der Waals surface area contributed by atoms with Crippen molar-refractivity contribution < 1.29 is 13.9 Å². The standard InChI is InChI=1S/C9H7NO3/c1-6(11)13-7-4-9-8(10-5-7)2-3-12-9/h2-5H,1H3. The number of hydrogen-bond donors (Lipinski definition) is 0. The first-order valence-electron chi connectivity index (χ1n) is 3.77. The molecule has 0 unspecified atom stereocenters. The third kappa shape index (κ3) is 1.51. The van der Waals surface area contributed by atoms with Crippen LogP contribution >= 0.6 is 0 Å². The van der Waals surface area contributed by atoms with E-state index in [-0.39, 0.29) is 5.97 Å². The zero-order chi connectivity index (χ0) is 9.26. The molecule has 0 aliphatic rings. The summed E-state index contributed by atoms with van der Waals surface area (Å²) < 4.78 is 9.92. The van der Waals surface area contributed by atoms with Crippen molar-refractivity contribution in [2.75, 3.05) is 0 Å². The zero-order valence-electron chi connectivity index (χ0n) is 6.98. The number of pyridine rings is 1. The van der Waals surface area contributed by atoms with Crippen molar-refractivity contribution in [2.45, 2.75) is 6.92 Å². The summed E-state index contributed by atoms with van der Waals surface area (Å²) in [6, 6.07) is 3.37. The number of furan rings is 1. The van der Waals surface area contributed by atoms with Gasteiger partial charge < -0.3 is 9.15 Å². The number of fused-ring (bicyclic) bond motifs is 1. The van der Waals surface area contributed by atoms with Crippen LogP contribution in [-0.2, 0) is 4.79 Å². The molecule has 2 aromatic heterocycles. The molecule has 2 rings (SSSR count). The van der Waals surface area contributed by atoms with E-state index in [0.29, 0.717) is 11.3 Å². The van der Waals surface area contributed by atoms with Crippen LogP contribution in [0, 0.1) is 0 Å². The van der Waals surface area contributed by atoms with Crippen LogP contribution < -0.4 is 4.74 Å². The van der Waals surface area contributed by atoms with Gasteiger partial charge in [-0.3, -0.25) is 4.79 Å². The summed E-state index contributed by atoms with van der Waals surface area (Å²) in [4.78, 5) is 14.6. The second-order valence-electron chi connectivity index (χ2n) is 2.57. The van der Waals surface area contributed by atoms with Gasteiger partial charge in [0.2, 0.25) is 0 Å². The van der Waals surface area contributed by atoms with Gasteiger partial charge in [-0.1, -0.05) is 0 Å². The summed E-state index contributed by atoms with van der Waals surface area (Å²) >= 11 is 0. The van der Waals surface area contributed by atoms with E-state index in [1.54, 1.807) is 12.1 Å². The fourth-order valence-electron chi connectivity index (χ4n) is 1.05. The van der Waals surface area contributed by atoms with Crippen molar-refractivity contribution in [3.8, 4) is 5.75 Å². The van der Waals surface area contributed by atoms with Crippen LogP contribution in [0.5, 0.6) is 5.75 Å². The zero-order valence-corrected chi connectivity index (χ0v) is 6.98. The maximum atomic E-state index is 10.6. The Morgan fingerprint density at radius 2 is 2.46 bits per heavy atom. The van der Waals surface area contributed by atoms with Crippen molar-refractivity contribution in [1.29, 1.82) is 0 Å². The number of carbonyl (C=O) groups is 1. The van der Waals surface area contributed by atoms with E-state index in [1.807, 2.05) is 0 Å². The molecule has 4 nitrogen and oxygen atoms in total. The van der Waals surface area contributed by atoms with E-state index in [2.05, 4.69) is 4.98 Å². The van der Waals surface area contributed by atoms with Gasteiger partial charge in [-0.25, -0.2) is 4.98 Å². The lowest BCUT2D eigenvalue weighted by atomic mass is 10.4. The van der Waals surface area contributed by atoms with Gasteiger partial charge in [-0.2, -0.15) is 0 Å². The number of esters is 1. The molecule has 0 amide bonds. The number of rotatable bonds is 1. The minimum absolute atomic E-state index is 0.368. The number of ether oxygens (including phenoxy) is 1. The van der Waals surface area contributed by atoms with Crippen LogP contribution in [0.2, 0.25) is 0 Å². The molecular weight excluding hydrogens is 170 g/mol. The fourth-order valence-corrected chi connectivity index (χ4v) is 1.05. The molecule has 0 aromatic carbocycles. The summed E-state index contributed by atoms with van der Waals surface area (Å²) in [6.07, 6.45) is 3.02. The number of hydrogen-bond acceptors (Lipinski definition) is 4. The first-order chi connectivity index (χ1) is 6.25. The molecule has 0 saturated carbocycles. The van der Waals surface area contributed by atoms with Crippen LogP contribution in [0.4, 0.5) is 0 Å². The van der Waals surface area contributed by atoms with Crippen molar-refractivity contribution in [2.24, 2.45) is 0 Å². The molecule has 0 bridgehead atoms. The average molecular weight is 177 g/mol. The predicted molar refractivity (Wildman–Crippen MR) is 45.3 cm³/mol. The Bertz CT molecular complexity index is 447. The lowest BCUT2D eigenvalue weighted by Crippen LogP contribution is -2.01. The van der Waals surface area contributed by atoms with Crippen molar-refractivity contribution in [3.63, 3.8) is 0 Å². The summed E-state index contributed by atoms with van der Waals surface area (Å²) in [5.74, 6) is 0.0302. The SMILES string of the molecule is CC(=O)Oc1cnc2ccoc2c1. The first kappa shape index (κ1) is 7.79. The monoisotopic (exact) mass is 177 g/mol. The van der Waals surface area contributed by atoms with E-state index in [9.17, 15) is 4.79 Å². The Balaban J connectivity index is 2.42. The Labute approximate surface area is 74.1 Å². The summed E-state index contributed by atoms with van der Waals surface area (Å²) in [5.41, 5.74) is 1.36. The molecule has 0 atom stereocenters. The predicted octanol–water partition coefficient (Wildman–Crippen LogP) is 1.75. The van der Waals surface area contributed by atoms with E-state index < -0.39 is 0 Å². The third-order valence-electron chi connectivity index (χ3n) is 1.54. The van der Waals surface area contributed by atoms with Crippen molar-refractivity contribution in [3.05, 3.63) is 24.6 Å². The van der Waals surface area contributed by atoms with Gasteiger partial charge in [0.25, 0.3) is 0 Å². The fraction of sp³-hybridized carbons (Fsp3) is 0.111. The molecule has 13 heavy (non-hydrogen) atoms. The summed E-state index contributed by atoms with van der Waals surface area (Å²) in [5, 5.41) is 0. The Hall–Kier alpha value is -1.84. The van der Waals surface area contributed by atoms with Crippen LogP contribution in [-0.4, -0.2) is 11.0 Å². The van der Waals surface area contributed by atoms with E-state index in [0.717, 1.165) is 5.52 Å². The Kier molecular flexibility index (Phi) is 1.73. The van der Waals surface area contributed by atoms with Crippen LogP contribution in [0.15, 0.2) is 29.0 Å². The molecule has 0 fully saturated rings. The topological polar surface area (TPSA) is 52.3 Å².